The van der Waals surface area contributed by atoms with E-state index in [0.717, 1.165) is 37.2 Å². The number of aromatic nitrogens is 1. The van der Waals surface area contributed by atoms with Crippen LogP contribution in [-0.4, -0.2) is 30.6 Å². The van der Waals surface area contributed by atoms with Crippen LogP contribution in [-0.2, 0) is 16.0 Å². The second kappa shape index (κ2) is 9.13. The molecule has 0 saturated heterocycles. The molecule has 1 heterocycles. The van der Waals surface area contributed by atoms with Crippen molar-refractivity contribution in [3.63, 3.8) is 0 Å². The maximum absolute atomic E-state index is 13.1. The lowest BCUT2D eigenvalue weighted by Crippen LogP contribution is -2.32. The van der Waals surface area contributed by atoms with Crippen molar-refractivity contribution in [3.05, 3.63) is 59.8 Å². The smallest absolute Gasteiger partial charge is 0.146 e. The Morgan fingerprint density at radius 3 is 2.29 bits per heavy atom. The first-order valence-corrected chi connectivity index (χ1v) is 10.2. The Labute approximate surface area is 168 Å². The Morgan fingerprint density at radius 2 is 1.68 bits per heavy atom. The van der Waals surface area contributed by atoms with Crippen molar-refractivity contribution < 1.29 is 9.59 Å². The summed E-state index contributed by atoms with van der Waals surface area (Å²) in [6.45, 7) is 1.54. The molecule has 1 fully saturated rings. The summed E-state index contributed by atoms with van der Waals surface area (Å²) in [5.74, 6) is 0.840. The standard InChI is InChI=1S/C24H30N2O2/c1-17(27)22(16-21-10-7-11-23(25-21)26(2)3)24(28)20-14-12-19(13-15-20)18-8-5-4-6-9-18/h4-11,19-20,22H,12-16H2,1-3H3. The summed E-state index contributed by atoms with van der Waals surface area (Å²) in [4.78, 5) is 31.9. The fourth-order valence-electron chi connectivity index (χ4n) is 4.20. The van der Waals surface area contributed by atoms with Gasteiger partial charge in [0.1, 0.15) is 17.4 Å². The topological polar surface area (TPSA) is 50.3 Å². The van der Waals surface area contributed by atoms with E-state index in [4.69, 9.17) is 0 Å². The average Bonchev–Trinajstić information content (AvgIpc) is 2.72. The van der Waals surface area contributed by atoms with E-state index in [-0.39, 0.29) is 17.5 Å². The van der Waals surface area contributed by atoms with E-state index < -0.39 is 5.92 Å². The highest BCUT2D eigenvalue weighted by molar-refractivity contribution is 6.02. The van der Waals surface area contributed by atoms with E-state index in [0.29, 0.717) is 12.3 Å². The maximum Gasteiger partial charge on any atom is 0.146 e. The van der Waals surface area contributed by atoms with Gasteiger partial charge >= 0.3 is 0 Å². The molecule has 0 spiro atoms. The molecule has 0 N–H and O–H groups in total. The highest BCUT2D eigenvalue weighted by Crippen LogP contribution is 2.37. The van der Waals surface area contributed by atoms with Crippen LogP contribution in [0.25, 0.3) is 0 Å². The molecule has 28 heavy (non-hydrogen) atoms. The third kappa shape index (κ3) is 4.86. The molecule has 148 valence electrons. The molecular formula is C24H30N2O2. The predicted octanol–water partition coefficient (Wildman–Crippen LogP) is 4.44. The van der Waals surface area contributed by atoms with Crippen LogP contribution in [0.4, 0.5) is 5.82 Å². The first-order valence-electron chi connectivity index (χ1n) is 10.2. The van der Waals surface area contributed by atoms with Crippen molar-refractivity contribution in [3.8, 4) is 0 Å². The number of pyridine rings is 1. The van der Waals surface area contributed by atoms with Crippen molar-refractivity contribution in [2.75, 3.05) is 19.0 Å². The van der Waals surface area contributed by atoms with Crippen molar-refractivity contribution in [1.29, 1.82) is 0 Å². The Kier molecular flexibility index (Phi) is 6.61. The number of anilines is 1. The monoisotopic (exact) mass is 378 g/mol. The first-order chi connectivity index (χ1) is 13.5. The number of carbonyl (C=O) groups is 2. The van der Waals surface area contributed by atoms with E-state index in [1.165, 1.54) is 12.5 Å². The quantitative estimate of drug-likeness (QED) is 0.669. The van der Waals surface area contributed by atoms with E-state index in [2.05, 4.69) is 29.2 Å². The molecule has 1 atom stereocenters. The number of rotatable bonds is 7. The minimum atomic E-state index is -0.580. The number of hydrogen-bond donors (Lipinski definition) is 0. The first kappa shape index (κ1) is 20.2. The van der Waals surface area contributed by atoms with Gasteiger partial charge in [-0.05, 0) is 56.2 Å². The molecule has 1 saturated carbocycles. The number of Topliss-reactive ketones (excluding diaryl/α,β-unsaturated/α-hetero) is 2. The molecule has 0 aliphatic heterocycles. The van der Waals surface area contributed by atoms with Crippen LogP contribution in [0.1, 0.15) is 49.8 Å². The van der Waals surface area contributed by atoms with E-state index in [1.54, 1.807) is 0 Å². The molecule has 0 bridgehead atoms. The SMILES string of the molecule is CC(=O)C(Cc1cccc(N(C)C)n1)C(=O)C1CCC(c2ccccc2)CC1. The number of nitrogens with zero attached hydrogens (tertiary/aromatic N) is 2. The minimum Gasteiger partial charge on any atom is -0.363 e. The molecule has 1 aliphatic rings. The van der Waals surface area contributed by atoms with Crippen LogP contribution < -0.4 is 4.90 Å². The second-order valence-corrected chi connectivity index (χ2v) is 8.11. The number of hydrogen-bond acceptors (Lipinski definition) is 4. The molecule has 1 aromatic carbocycles. The van der Waals surface area contributed by atoms with Crippen LogP contribution in [0.2, 0.25) is 0 Å². The van der Waals surface area contributed by atoms with Crippen molar-refractivity contribution in [1.82, 2.24) is 4.98 Å². The Morgan fingerprint density at radius 1 is 1.00 bits per heavy atom. The van der Waals surface area contributed by atoms with Gasteiger partial charge in [-0.2, -0.15) is 0 Å². The number of benzene rings is 1. The van der Waals surface area contributed by atoms with Crippen molar-refractivity contribution in [2.24, 2.45) is 11.8 Å². The summed E-state index contributed by atoms with van der Waals surface area (Å²) in [5.41, 5.74) is 2.17. The van der Waals surface area contributed by atoms with Crippen LogP contribution >= 0.6 is 0 Å². The summed E-state index contributed by atoms with van der Waals surface area (Å²) in [7, 11) is 3.87. The summed E-state index contributed by atoms with van der Waals surface area (Å²) < 4.78 is 0. The highest BCUT2D eigenvalue weighted by Gasteiger charge is 2.33. The average molecular weight is 379 g/mol. The zero-order valence-corrected chi connectivity index (χ0v) is 17.1. The van der Waals surface area contributed by atoms with Crippen LogP contribution in [0.5, 0.6) is 0 Å². The second-order valence-electron chi connectivity index (χ2n) is 8.11. The van der Waals surface area contributed by atoms with Gasteiger partial charge < -0.3 is 4.90 Å². The van der Waals surface area contributed by atoms with Gasteiger partial charge in [-0.1, -0.05) is 36.4 Å². The van der Waals surface area contributed by atoms with Crippen LogP contribution in [0.15, 0.2) is 48.5 Å². The van der Waals surface area contributed by atoms with Gasteiger partial charge in [0.15, 0.2) is 0 Å². The molecule has 1 aromatic heterocycles. The lowest BCUT2D eigenvalue weighted by atomic mass is 9.74. The van der Waals surface area contributed by atoms with Gasteiger partial charge in [0.2, 0.25) is 0 Å². The largest absolute Gasteiger partial charge is 0.363 e. The predicted molar refractivity (Wildman–Crippen MR) is 113 cm³/mol. The van der Waals surface area contributed by atoms with Gasteiger partial charge in [-0.25, -0.2) is 4.98 Å². The zero-order valence-electron chi connectivity index (χ0n) is 17.1. The van der Waals surface area contributed by atoms with E-state index >= 15 is 0 Å². The minimum absolute atomic E-state index is 0.00843. The summed E-state index contributed by atoms with van der Waals surface area (Å²) >= 11 is 0. The molecule has 4 heteroatoms. The molecule has 2 aromatic rings. The molecule has 0 amide bonds. The molecule has 1 unspecified atom stereocenters. The third-order valence-electron chi connectivity index (χ3n) is 5.90. The third-order valence-corrected chi connectivity index (χ3v) is 5.90. The highest BCUT2D eigenvalue weighted by atomic mass is 16.1. The molecule has 1 aliphatic carbocycles. The van der Waals surface area contributed by atoms with Crippen LogP contribution in [0.3, 0.4) is 0 Å². The molecule has 4 nitrogen and oxygen atoms in total. The van der Waals surface area contributed by atoms with E-state index in [1.807, 2.05) is 43.3 Å². The Bertz CT molecular complexity index is 808. The zero-order chi connectivity index (χ0) is 20.1. The fourth-order valence-corrected chi connectivity index (χ4v) is 4.20. The van der Waals surface area contributed by atoms with Gasteiger partial charge in [0, 0.05) is 32.1 Å². The number of carbonyl (C=O) groups excluding carboxylic acids is 2. The Balaban J connectivity index is 1.65. The van der Waals surface area contributed by atoms with E-state index in [9.17, 15) is 9.59 Å². The fraction of sp³-hybridized carbons (Fsp3) is 0.458. The molecule has 3 rings (SSSR count). The normalized spacial score (nSPS) is 20.4. The van der Waals surface area contributed by atoms with Crippen molar-refractivity contribution in [2.45, 2.75) is 44.9 Å². The summed E-state index contributed by atoms with van der Waals surface area (Å²) in [6.07, 6.45) is 4.16. The van der Waals surface area contributed by atoms with Crippen molar-refractivity contribution >= 4 is 17.4 Å². The maximum atomic E-state index is 13.1. The Hall–Kier alpha value is -2.49. The lowest BCUT2D eigenvalue weighted by molar-refractivity contribution is -0.134. The van der Waals surface area contributed by atoms with Gasteiger partial charge in [-0.15, -0.1) is 0 Å². The van der Waals surface area contributed by atoms with Gasteiger partial charge in [0.25, 0.3) is 0 Å². The van der Waals surface area contributed by atoms with Crippen LogP contribution in [0, 0.1) is 11.8 Å². The van der Waals surface area contributed by atoms with Gasteiger partial charge in [0.05, 0.1) is 5.92 Å². The summed E-state index contributed by atoms with van der Waals surface area (Å²) in [6, 6.07) is 16.3. The summed E-state index contributed by atoms with van der Waals surface area (Å²) in [5, 5.41) is 0. The molecule has 0 radical (unpaired) electrons. The number of ketones is 2. The van der Waals surface area contributed by atoms with Gasteiger partial charge in [-0.3, -0.25) is 9.59 Å². The molecular weight excluding hydrogens is 348 g/mol. The lowest BCUT2D eigenvalue weighted by Gasteiger charge is -2.29.